The Hall–Kier alpha value is -0.0800. The second-order valence-corrected chi connectivity index (χ2v) is 3.85. The van der Waals surface area contributed by atoms with Crippen LogP contribution < -0.4 is 5.73 Å². The van der Waals surface area contributed by atoms with Crippen LogP contribution in [0.4, 0.5) is 0 Å². The van der Waals surface area contributed by atoms with Crippen LogP contribution in [0, 0.1) is 5.92 Å². The van der Waals surface area contributed by atoms with Gasteiger partial charge in [-0.25, -0.2) is 0 Å². The highest BCUT2D eigenvalue weighted by molar-refractivity contribution is 4.96. The molecule has 0 aromatic carbocycles. The Morgan fingerprint density at radius 3 is 2.55 bits per heavy atom. The van der Waals surface area contributed by atoms with Gasteiger partial charge in [-0.05, 0) is 31.6 Å². The lowest BCUT2D eigenvalue weighted by Crippen LogP contribution is -2.47. The summed E-state index contributed by atoms with van der Waals surface area (Å²) >= 11 is 0. The van der Waals surface area contributed by atoms with Crippen molar-refractivity contribution in [2.24, 2.45) is 11.7 Å². The summed E-state index contributed by atoms with van der Waals surface area (Å²) in [7, 11) is 0. The summed E-state index contributed by atoms with van der Waals surface area (Å²) in [5.41, 5.74) is 5.86. The molecule has 1 saturated heterocycles. The van der Waals surface area contributed by atoms with Gasteiger partial charge >= 0.3 is 0 Å². The van der Waals surface area contributed by atoms with E-state index in [0.717, 1.165) is 19.1 Å². The number of hydrogen-bond acceptors (Lipinski definition) is 2. The topological polar surface area (TPSA) is 35.2 Å². The predicted octanol–water partition coefficient (Wildman–Crippen LogP) is 1.29. The molecule has 2 heteroatoms. The van der Waals surface area contributed by atoms with Gasteiger partial charge in [0.25, 0.3) is 0 Å². The zero-order chi connectivity index (χ0) is 7.73. The first-order chi connectivity index (χ1) is 5.37. The van der Waals surface area contributed by atoms with Crippen molar-refractivity contribution in [3.05, 3.63) is 0 Å². The van der Waals surface area contributed by atoms with Gasteiger partial charge in [0.15, 0.2) is 0 Å². The van der Waals surface area contributed by atoms with Crippen molar-refractivity contribution >= 4 is 0 Å². The molecule has 2 fully saturated rings. The third-order valence-corrected chi connectivity index (χ3v) is 3.33. The molecule has 2 rings (SSSR count). The van der Waals surface area contributed by atoms with E-state index < -0.39 is 0 Å². The third-order valence-electron chi connectivity index (χ3n) is 3.33. The van der Waals surface area contributed by atoms with Crippen LogP contribution in [0.1, 0.15) is 32.1 Å². The fourth-order valence-electron chi connectivity index (χ4n) is 2.30. The first kappa shape index (κ1) is 7.56. The second kappa shape index (κ2) is 2.76. The molecule has 64 valence electrons. The second-order valence-electron chi connectivity index (χ2n) is 3.85. The molecule has 0 aromatic heterocycles. The molecule has 1 aliphatic heterocycles. The van der Waals surface area contributed by atoms with Gasteiger partial charge in [0, 0.05) is 13.2 Å². The minimum absolute atomic E-state index is 0.109. The van der Waals surface area contributed by atoms with Crippen LogP contribution in [-0.4, -0.2) is 18.8 Å². The van der Waals surface area contributed by atoms with E-state index >= 15 is 0 Å². The summed E-state index contributed by atoms with van der Waals surface area (Å²) in [5, 5.41) is 0. The highest BCUT2D eigenvalue weighted by Gasteiger charge is 2.43. The van der Waals surface area contributed by atoms with Crippen molar-refractivity contribution in [2.75, 3.05) is 13.2 Å². The normalized spacial score (nSPS) is 39.0. The molecule has 2 N–H and O–H groups in total. The molecule has 2 aliphatic rings. The van der Waals surface area contributed by atoms with Crippen molar-refractivity contribution in [1.29, 1.82) is 0 Å². The van der Waals surface area contributed by atoms with Gasteiger partial charge in [-0.1, -0.05) is 6.42 Å². The zero-order valence-corrected chi connectivity index (χ0v) is 7.01. The molecular formula is C9H17NO. The molecule has 0 spiro atoms. The monoisotopic (exact) mass is 155 g/mol. The van der Waals surface area contributed by atoms with Crippen LogP contribution in [0.5, 0.6) is 0 Å². The summed E-state index contributed by atoms with van der Waals surface area (Å²) in [6.45, 7) is 1.67. The van der Waals surface area contributed by atoms with E-state index in [1.165, 1.54) is 32.1 Å². The predicted molar refractivity (Wildman–Crippen MR) is 44.3 cm³/mol. The lowest BCUT2D eigenvalue weighted by molar-refractivity contribution is -0.0629. The van der Waals surface area contributed by atoms with Crippen molar-refractivity contribution in [3.63, 3.8) is 0 Å². The molecule has 1 saturated carbocycles. The van der Waals surface area contributed by atoms with E-state index in [9.17, 15) is 0 Å². The Morgan fingerprint density at radius 1 is 1.36 bits per heavy atom. The van der Waals surface area contributed by atoms with Gasteiger partial charge in [-0.3, -0.25) is 0 Å². The maximum absolute atomic E-state index is 5.77. The van der Waals surface area contributed by atoms with Crippen LogP contribution in [0.25, 0.3) is 0 Å². The Kier molecular flexibility index (Phi) is 1.90. The average Bonchev–Trinajstić information content (AvgIpc) is 2.34. The van der Waals surface area contributed by atoms with Crippen molar-refractivity contribution in [2.45, 2.75) is 37.7 Å². The molecule has 11 heavy (non-hydrogen) atoms. The van der Waals surface area contributed by atoms with E-state index in [1.54, 1.807) is 0 Å². The smallest absolute Gasteiger partial charge is 0.0832 e. The first-order valence-electron chi connectivity index (χ1n) is 4.71. The third kappa shape index (κ3) is 1.09. The number of hydrogen-bond donors (Lipinski definition) is 1. The van der Waals surface area contributed by atoms with Crippen molar-refractivity contribution in [1.82, 2.24) is 0 Å². The maximum atomic E-state index is 5.77. The minimum atomic E-state index is 0.109. The van der Waals surface area contributed by atoms with Crippen LogP contribution >= 0.6 is 0 Å². The molecule has 0 radical (unpaired) electrons. The van der Waals surface area contributed by atoms with Gasteiger partial charge < -0.3 is 10.5 Å². The molecule has 2 nitrogen and oxygen atoms in total. The lowest BCUT2D eigenvalue weighted by Gasteiger charge is -2.41. The standard InChI is InChI=1S/C9H17NO/c10-7-9(5-2-6-11-9)8-3-1-4-8/h8H,1-7,10H2. The van der Waals surface area contributed by atoms with Gasteiger partial charge in [-0.15, -0.1) is 0 Å². The summed E-state index contributed by atoms with van der Waals surface area (Å²) in [6, 6.07) is 0. The maximum Gasteiger partial charge on any atom is 0.0832 e. The van der Waals surface area contributed by atoms with E-state index in [4.69, 9.17) is 10.5 Å². The van der Waals surface area contributed by atoms with Gasteiger partial charge in [-0.2, -0.15) is 0 Å². The fourth-order valence-corrected chi connectivity index (χ4v) is 2.30. The van der Waals surface area contributed by atoms with Crippen molar-refractivity contribution in [3.8, 4) is 0 Å². The quantitative estimate of drug-likeness (QED) is 0.652. The Bertz CT molecular complexity index is 136. The van der Waals surface area contributed by atoms with Crippen molar-refractivity contribution < 1.29 is 4.74 Å². The largest absolute Gasteiger partial charge is 0.373 e. The average molecular weight is 155 g/mol. The summed E-state index contributed by atoms with van der Waals surface area (Å²) in [4.78, 5) is 0. The van der Waals surface area contributed by atoms with Gasteiger partial charge in [0.1, 0.15) is 0 Å². The zero-order valence-electron chi connectivity index (χ0n) is 7.01. The Morgan fingerprint density at radius 2 is 2.18 bits per heavy atom. The van der Waals surface area contributed by atoms with E-state index in [2.05, 4.69) is 0 Å². The summed E-state index contributed by atoms with van der Waals surface area (Å²) in [6.07, 6.45) is 6.49. The SMILES string of the molecule is NCC1(C2CCC2)CCCO1. The summed E-state index contributed by atoms with van der Waals surface area (Å²) < 4.78 is 5.77. The summed E-state index contributed by atoms with van der Waals surface area (Å²) in [5.74, 6) is 0.787. The number of rotatable bonds is 2. The highest BCUT2D eigenvalue weighted by atomic mass is 16.5. The molecule has 0 amide bonds. The molecular weight excluding hydrogens is 138 g/mol. The Balaban J connectivity index is 2.02. The minimum Gasteiger partial charge on any atom is -0.373 e. The van der Waals surface area contributed by atoms with E-state index in [-0.39, 0.29) is 5.60 Å². The molecule has 0 aromatic rings. The molecule has 1 heterocycles. The van der Waals surface area contributed by atoms with Crippen LogP contribution in [0.15, 0.2) is 0 Å². The first-order valence-corrected chi connectivity index (χ1v) is 4.71. The number of ether oxygens (including phenoxy) is 1. The fraction of sp³-hybridized carbons (Fsp3) is 1.00. The number of nitrogens with two attached hydrogens (primary N) is 1. The van der Waals surface area contributed by atoms with Gasteiger partial charge in [0.05, 0.1) is 5.60 Å². The van der Waals surface area contributed by atoms with Crippen LogP contribution in [0.2, 0.25) is 0 Å². The lowest BCUT2D eigenvalue weighted by atomic mass is 9.71. The molecule has 1 aliphatic carbocycles. The van der Waals surface area contributed by atoms with E-state index in [1.807, 2.05) is 0 Å². The molecule has 1 atom stereocenters. The van der Waals surface area contributed by atoms with Crippen LogP contribution in [0.3, 0.4) is 0 Å². The van der Waals surface area contributed by atoms with Crippen LogP contribution in [-0.2, 0) is 4.74 Å². The van der Waals surface area contributed by atoms with E-state index in [0.29, 0.717) is 0 Å². The highest BCUT2D eigenvalue weighted by Crippen LogP contribution is 2.43. The molecule has 0 bridgehead atoms. The Labute approximate surface area is 68.1 Å². The molecule has 1 unspecified atom stereocenters. The van der Waals surface area contributed by atoms with Gasteiger partial charge in [0.2, 0.25) is 0 Å².